The van der Waals surface area contributed by atoms with E-state index in [1.807, 2.05) is 0 Å². The highest BCUT2D eigenvalue weighted by atomic mass is 32.2. The van der Waals surface area contributed by atoms with Crippen LogP contribution in [0.2, 0.25) is 0 Å². The van der Waals surface area contributed by atoms with Gasteiger partial charge in [-0.3, -0.25) is 9.35 Å². The van der Waals surface area contributed by atoms with Crippen molar-refractivity contribution in [2.24, 2.45) is 0 Å². The highest BCUT2D eigenvalue weighted by Gasteiger charge is 2.04. The molecule has 2 N–H and O–H groups in total. The number of amides is 1. The summed E-state index contributed by atoms with van der Waals surface area (Å²) in [6, 6.07) is 0. The molecular weight excluding hydrogens is 386 g/mol. The quantitative estimate of drug-likeness (QED) is 0.152. The smallest absolute Gasteiger partial charge is 0.264 e. The van der Waals surface area contributed by atoms with Gasteiger partial charge in [-0.25, -0.2) is 0 Å². The number of hydrogen-bond donors (Lipinski definition) is 2. The Kier molecular flexibility index (Phi) is 20.2. The summed E-state index contributed by atoms with van der Waals surface area (Å²) in [5.41, 5.74) is 0. The molecule has 0 saturated heterocycles. The van der Waals surface area contributed by atoms with E-state index in [1.54, 1.807) is 0 Å². The number of rotatable bonds is 22. The summed E-state index contributed by atoms with van der Waals surface area (Å²) in [6.45, 7) is 2.75. The zero-order chi connectivity index (χ0) is 21.6. The number of carbonyl (C=O) groups is 1. The fourth-order valence-electron chi connectivity index (χ4n) is 3.56. The van der Waals surface area contributed by atoms with Gasteiger partial charge in [-0.05, 0) is 19.3 Å². The van der Waals surface area contributed by atoms with Crippen molar-refractivity contribution in [3.05, 3.63) is 0 Å². The van der Waals surface area contributed by atoms with Crippen LogP contribution >= 0.6 is 0 Å². The number of hydrogen-bond acceptors (Lipinski definition) is 3. The second-order valence-electron chi connectivity index (χ2n) is 8.40. The van der Waals surface area contributed by atoms with Gasteiger partial charge >= 0.3 is 0 Å². The monoisotopic (exact) mass is 433 g/mol. The molecule has 0 saturated carbocycles. The van der Waals surface area contributed by atoms with Gasteiger partial charge in [0.2, 0.25) is 5.91 Å². The van der Waals surface area contributed by atoms with Gasteiger partial charge in [0, 0.05) is 13.0 Å². The molecule has 174 valence electrons. The lowest BCUT2D eigenvalue weighted by molar-refractivity contribution is -0.121. The van der Waals surface area contributed by atoms with Gasteiger partial charge in [0.1, 0.15) is 0 Å². The highest BCUT2D eigenvalue weighted by molar-refractivity contribution is 7.85. The van der Waals surface area contributed by atoms with Crippen LogP contribution in [0.4, 0.5) is 0 Å². The maximum Gasteiger partial charge on any atom is 0.264 e. The molecule has 0 aliphatic heterocycles. The van der Waals surface area contributed by atoms with Gasteiger partial charge in [0.15, 0.2) is 0 Å². The first kappa shape index (κ1) is 28.4. The minimum absolute atomic E-state index is 0.0437. The van der Waals surface area contributed by atoms with Crippen molar-refractivity contribution in [1.82, 2.24) is 5.32 Å². The summed E-state index contributed by atoms with van der Waals surface area (Å²) in [7, 11) is -3.88. The third-order valence-corrected chi connectivity index (χ3v) is 6.21. The second kappa shape index (κ2) is 20.6. The molecule has 0 aliphatic rings. The molecule has 0 atom stereocenters. The predicted molar refractivity (Wildman–Crippen MR) is 123 cm³/mol. The Morgan fingerprint density at radius 2 is 1.07 bits per heavy atom. The Morgan fingerprint density at radius 1 is 0.655 bits per heavy atom. The van der Waals surface area contributed by atoms with Crippen molar-refractivity contribution in [2.45, 2.75) is 129 Å². The number of carbonyl (C=O) groups excluding carboxylic acids is 1. The average molecular weight is 434 g/mol. The molecule has 0 aromatic carbocycles. The molecule has 29 heavy (non-hydrogen) atoms. The van der Waals surface area contributed by atoms with Crippen LogP contribution in [0.3, 0.4) is 0 Å². The largest absolute Gasteiger partial charge is 0.356 e. The van der Waals surface area contributed by atoms with E-state index < -0.39 is 10.1 Å². The van der Waals surface area contributed by atoms with E-state index in [0.29, 0.717) is 25.8 Å². The summed E-state index contributed by atoms with van der Waals surface area (Å²) in [5.74, 6) is -0.190. The van der Waals surface area contributed by atoms with Crippen molar-refractivity contribution in [1.29, 1.82) is 0 Å². The lowest BCUT2D eigenvalue weighted by Gasteiger charge is -2.05. The molecule has 1 amide bonds. The van der Waals surface area contributed by atoms with Crippen LogP contribution < -0.4 is 5.32 Å². The first-order valence-corrected chi connectivity index (χ1v) is 13.8. The van der Waals surface area contributed by atoms with Gasteiger partial charge in [-0.2, -0.15) is 8.42 Å². The Morgan fingerprint density at radius 3 is 1.48 bits per heavy atom. The molecule has 0 radical (unpaired) electrons. The Hall–Kier alpha value is -0.620. The maximum atomic E-state index is 11.7. The summed E-state index contributed by atoms with van der Waals surface area (Å²) >= 11 is 0. The summed E-state index contributed by atoms with van der Waals surface area (Å²) in [6.07, 6.45) is 22.7. The molecule has 0 fully saturated rings. The zero-order valence-corrected chi connectivity index (χ0v) is 19.7. The van der Waals surface area contributed by atoms with Crippen molar-refractivity contribution >= 4 is 16.0 Å². The molecule has 0 aliphatic carbocycles. The summed E-state index contributed by atoms with van der Waals surface area (Å²) in [4.78, 5) is 11.7. The van der Waals surface area contributed by atoms with Crippen LogP contribution in [0.5, 0.6) is 0 Å². The van der Waals surface area contributed by atoms with E-state index in [1.165, 1.54) is 89.9 Å². The van der Waals surface area contributed by atoms with Gasteiger partial charge < -0.3 is 5.32 Å². The fraction of sp³-hybridized carbons (Fsp3) is 0.957. The molecular formula is C23H47NO4S. The lowest BCUT2D eigenvalue weighted by atomic mass is 10.0. The van der Waals surface area contributed by atoms with E-state index >= 15 is 0 Å². The maximum absolute atomic E-state index is 11.7. The van der Waals surface area contributed by atoms with Gasteiger partial charge in [0.05, 0.1) is 5.75 Å². The molecule has 6 heteroatoms. The van der Waals surface area contributed by atoms with Crippen molar-refractivity contribution < 1.29 is 17.8 Å². The van der Waals surface area contributed by atoms with E-state index in [-0.39, 0.29) is 11.7 Å². The topological polar surface area (TPSA) is 83.5 Å². The Labute approximate surface area is 180 Å². The fourth-order valence-corrected chi connectivity index (χ4v) is 4.13. The first-order chi connectivity index (χ1) is 14.0. The Balaban J connectivity index is 3.18. The average Bonchev–Trinajstić information content (AvgIpc) is 2.66. The SMILES string of the molecule is CCCCCCCCCCCCCCCCCCC(=O)NCCCCS(=O)(=O)O. The van der Waals surface area contributed by atoms with Crippen molar-refractivity contribution in [3.63, 3.8) is 0 Å². The standard InChI is InChI=1S/C23H47NO4S/c1-2-3-4-5-6-7-8-9-10-11-12-13-14-15-16-17-20-23(25)24-21-18-19-22-29(26,27)28/h2-22H2,1H3,(H,24,25)(H,26,27,28). The van der Waals surface area contributed by atoms with Crippen LogP contribution in [0.1, 0.15) is 129 Å². The first-order valence-electron chi connectivity index (χ1n) is 12.2. The lowest BCUT2D eigenvalue weighted by Crippen LogP contribution is -2.24. The third-order valence-electron chi connectivity index (χ3n) is 5.41. The van der Waals surface area contributed by atoms with Crippen LogP contribution in [-0.2, 0) is 14.9 Å². The van der Waals surface area contributed by atoms with Crippen molar-refractivity contribution in [3.8, 4) is 0 Å². The third kappa shape index (κ3) is 25.3. The molecule has 0 heterocycles. The number of unbranched alkanes of at least 4 members (excludes halogenated alkanes) is 16. The highest BCUT2D eigenvalue weighted by Crippen LogP contribution is 2.14. The summed E-state index contributed by atoms with van der Waals surface area (Å²) < 4.78 is 29.8. The van der Waals surface area contributed by atoms with Crippen LogP contribution in [0, 0.1) is 0 Å². The van der Waals surface area contributed by atoms with Gasteiger partial charge in [-0.1, -0.05) is 103 Å². The van der Waals surface area contributed by atoms with Crippen LogP contribution in [0.25, 0.3) is 0 Å². The van der Waals surface area contributed by atoms with Crippen molar-refractivity contribution in [2.75, 3.05) is 12.3 Å². The molecule has 0 aromatic rings. The Bertz CT molecular complexity index is 465. The number of nitrogens with one attached hydrogen (secondary N) is 1. The van der Waals surface area contributed by atoms with E-state index in [9.17, 15) is 13.2 Å². The predicted octanol–water partition coefficient (Wildman–Crippen LogP) is 6.42. The van der Waals surface area contributed by atoms with Crippen LogP contribution in [0.15, 0.2) is 0 Å². The molecule has 0 unspecified atom stereocenters. The molecule has 5 nitrogen and oxygen atoms in total. The van der Waals surface area contributed by atoms with Gasteiger partial charge in [0.25, 0.3) is 10.1 Å². The molecule has 0 rings (SSSR count). The molecule has 0 bridgehead atoms. The minimum Gasteiger partial charge on any atom is -0.356 e. The van der Waals surface area contributed by atoms with E-state index in [0.717, 1.165) is 12.8 Å². The zero-order valence-electron chi connectivity index (χ0n) is 18.9. The van der Waals surface area contributed by atoms with E-state index in [4.69, 9.17) is 4.55 Å². The van der Waals surface area contributed by atoms with E-state index in [2.05, 4.69) is 12.2 Å². The summed E-state index contributed by atoms with van der Waals surface area (Å²) in [5, 5.41) is 2.81. The molecule has 0 spiro atoms. The van der Waals surface area contributed by atoms with Crippen LogP contribution in [-0.4, -0.2) is 31.2 Å². The van der Waals surface area contributed by atoms with Gasteiger partial charge in [-0.15, -0.1) is 0 Å². The second-order valence-corrected chi connectivity index (χ2v) is 9.97. The molecule has 0 aromatic heterocycles. The normalized spacial score (nSPS) is 11.7. The minimum atomic E-state index is -3.88.